The van der Waals surface area contributed by atoms with Gasteiger partial charge in [0, 0.05) is 11.6 Å². The molecule has 0 bridgehead atoms. The molecule has 0 saturated carbocycles. The van der Waals surface area contributed by atoms with Gasteiger partial charge in [0.25, 0.3) is 6.43 Å². The van der Waals surface area contributed by atoms with Crippen LogP contribution in [0.1, 0.15) is 48.4 Å². The molecule has 1 aliphatic rings. The van der Waals surface area contributed by atoms with Crippen LogP contribution >= 0.6 is 0 Å². The molecule has 1 unspecified atom stereocenters. The monoisotopic (exact) mass is 241 g/mol. The molecular weight excluding hydrogens is 224 g/mol. The third kappa shape index (κ3) is 2.57. The summed E-state index contributed by atoms with van der Waals surface area (Å²) in [5.41, 5.74) is 1.12. The molecule has 2 nitrogen and oxygen atoms in total. The average molecular weight is 241 g/mol. The SMILES string of the molecule is Cc1cc(C(F)F)c(O)c(C2CCCCN2)c1. The lowest BCUT2D eigenvalue weighted by molar-refractivity contribution is 0.147. The summed E-state index contributed by atoms with van der Waals surface area (Å²) in [6, 6.07) is 3.15. The number of phenols is 1. The van der Waals surface area contributed by atoms with Crippen LogP contribution in [0.15, 0.2) is 12.1 Å². The highest BCUT2D eigenvalue weighted by atomic mass is 19.3. The van der Waals surface area contributed by atoms with E-state index in [9.17, 15) is 13.9 Å². The maximum atomic E-state index is 12.8. The maximum absolute atomic E-state index is 12.8. The van der Waals surface area contributed by atoms with Crippen LogP contribution in [0, 0.1) is 6.92 Å². The van der Waals surface area contributed by atoms with Gasteiger partial charge in [-0.3, -0.25) is 0 Å². The fourth-order valence-corrected chi connectivity index (χ4v) is 2.38. The van der Waals surface area contributed by atoms with Crippen LogP contribution in [0.2, 0.25) is 0 Å². The Balaban J connectivity index is 2.38. The van der Waals surface area contributed by atoms with Gasteiger partial charge in [-0.1, -0.05) is 18.1 Å². The highest BCUT2D eigenvalue weighted by Gasteiger charge is 2.23. The van der Waals surface area contributed by atoms with Crippen LogP contribution in [0.25, 0.3) is 0 Å². The van der Waals surface area contributed by atoms with Gasteiger partial charge >= 0.3 is 0 Å². The predicted octanol–water partition coefficient (Wildman–Crippen LogP) is 3.45. The first-order valence-electron chi connectivity index (χ1n) is 5.94. The van der Waals surface area contributed by atoms with Gasteiger partial charge in [0.1, 0.15) is 5.75 Å². The summed E-state index contributed by atoms with van der Waals surface area (Å²) < 4.78 is 25.5. The number of benzene rings is 1. The topological polar surface area (TPSA) is 32.3 Å². The van der Waals surface area contributed by atoms with Crippen molar-refractivity contribution < 1.29 is 13.9 Å². The molecule has 17 heavy (non-hydrogen) atoms. The first-order chi connectivity index (χ1) is 8.09. The molecule has 0 aliphatic carbocycles. The number of phenolic OH excluding ortho intramolecular Hbond substituents is 1. The lowest BCUT2D eigenvalue weighted by Gasteiger charge is -2.25. The molecule has 1 aromatic carbocycles. The number of aryl methyl sites for hydroxylation is 1. The highest BCUT2D eigenvalue weighted by Crippen LogP contribution is 2.37. The van der Waals surface area contributed by atoms with Crippen molar-refractivity contribution in [2.24, 2.45) is 0 Å². The molecular formula is C13H17F2NO. The van der Waals surface area contributed by atoms with E-state index in [2.05, 4.69) is 5.32 Å². The molecule has 1 aliphatic heterocycles. The first kappa shape index (κ1) is 12.3. The molecule has 2 rings (SSSR count). The standard InChI is InChI=1S/C13H17F2NO/c1-8-6-9(11-4-2-3-5-16-11)12(17)10(7-8)13(14)15/h6-7,11,13,16-17H,2-5H2,1H3. The van der Waals surface area contributed by atoms with E-state index in [1.165, 1.54) is 6.07 Å². The van der Waals surface area contributed by atoms with Crippen LogP contribution in [0.3, 0.4) is 0 Å². The Morgan fingerprint density at radius 3 is 2.71 bits per heavy atom. The number of halogens is 2. The van der Waals surface area contributed by atoms with Crippen molar-refractivity contribution in [3.05, 3.63) is 28.8 Å². The molecule has 1 atom stereocenters. The van der Waals surface area contributed by atoms with E-state index in [1.807, 2.05) is 0 Å². The lowest BCUT2D eigenvalue weighted by atomic mass is 9.93. The van der Waals surface area contributed by atoms with E-state index in [-0.39, 0.29) is 17.4 Å². The second-order valence-corrected chi connectivity index (χ2v) is 4.60. The Morgan fingerprint density at radius 2 is 2.12 bits per heavy atom. The second kappa shape index (κ2) is 5.00. The smallest absolute Gasteiger partial charge is 0.267 e. The zero-order chi connectivity index (χ0) is 12.4. The molecule has 0 aromatic heterocycles. The number of rotatable bonds is 2. The van der Waals surface area contributed by atoms with Gasteiger partial charge < -0.3 is 10.4 Å². The minimum absolute atomic E-state index is 0.00106. The van der Waals surface area contributed by atoms with E-state index in [0.29, 0.717) is 5.56 Å². The molecule has 0 amide bonds. The normalized spacial score (nSPS) is 20.8. The Bertz CT molecular complexity index is 401. The van der Waals surface area contributed by atoms with Crippen LogP contribution < -0.4 is 5.32 Å². The quantitative estimate of drug-likeness (QED) is 0.831. The fourth-order valence-electron chi connectivity index (χ4n) is 2.38. The number of hydrogen-bond acceptors (Lipinski definition) is 2. The van der Waals surface area contributed by atoms with E-state index in [1.54, 1.807) is 13.0 Å². The van der Waals surface area contributed by atoms with Crippen LogP contribution in [-0.4, -0.2) is 11.7 Å². The molecule has 1 aromatic rings. The van der Waals surface area contributed by atoms with Gasteiger partial charge in [-0.25, -0.2) is 8.78 Å². The van der Waals surface area contributed by atoms with Gasteiger partial charge in [0.05, 0.1) is 5.56 Å². The Kier molecular flexibility index (Phi) is 3.62. The summed E-state index contributed by atoms with van der Waals surface area (Å²) >= 11 is 0. The number of aromatic hydroxyl groups is 1. The van der Waals surface area contributed by atoms with Gasteiger partial charge in [-0.2, -0.15) is 0 Å². The first-order valence-corrected chi connectivity index (χ1v) is 5.94. The van der Waals surface area contributed by atoms with Crippen molar-refractivity contribution in [2.45, 2.75) is 38.7 Å². The van der Waals surface area contributed by atoms with E-state index >= 15 is 0 Å². The molecule has 1 fully saturated rings. The Morgan fingerprint density at radius 1 is 1.35 bits per heavy atom. The molecule has 1 heterocycles. The molecule has 0 radical (unpaired) electrons. The zero-order valence-electron chi connectivity index (χ0n) is 9.84. The molecule has 2 N–H and O–H groups in total. The average Bonchev–Trinajstić information content (AvgIpc) is 2.32. The van der Waals surface area contributed by atoms with Crippen molar-refractivity contribution in [2.75, 3.05) is 6.54 Å². The highest BCUT2D eigenvalue weighted by molar-refractivity contribution is 5.45. The van der Waals surface area contributed by atoms with Crippen molar-refractivity contribution in [1.29, 1.82) is 0 Å². The van der Waals surface area contributed by atoms with Crippen LogP contribution in [0.4, 0.5) is 8.78 Å². The van der Waals surface area contributed by atoms with E-state index in [4.69, 9.17) is 0 Å². The van der Waals surface area contributed by atoms with Gasteiger partial charge in [0.15, 0.2) is 0 Å². The summed E-state index contributed by atoms with van der Waals surface area (Å²) in [7, 11) is 0. The Labute approximate surface area is 99.7 Å². The summed E-state index contributed by atoms with van der Waals surface area (Å²) in [5.74, 6) is -0.245. The zero-order valence-corrected chi connectivity index (χ0v) is 9.84. The second-order valence-electron chi connectivity index (χ2n) is 4.60. The fraction of sp³-hybridized carbons (Fsp3) is 0.538. The maximum Gasteiger partial charge on any atom is 0.267 e. The molecule has 0 spiro atoms. The third-order valence-electron chi connectivity index (χ3n) is 3.23. The predicted molar refractivity (Wildman–Crippen MR) is 62.4 cm³/mol. The van der Waals surface area contributed by atoms with Gasteiger partial charge in [-0.15, -0.1) is 0 Å². The number of hydrogen-bond donors (Lipinski definition) is 2. The molecule has 94 valence electrons. The van der Waals surface area contributed by atoms with Gasteiger partial charge in [0.2, 0.25) is 0 Å². The van der Waals surface area contributed by atoms with Crippen molar-refractivity contribution in [1.82, 2.24) is 5.32 Å². The lowest BCUT2D eigenvalue weighted by Crippen LogP contribution is -2.27. The third-order valence-corrected chi connectivity index (χ3v) is 3.23. The molecule has 1 saturated heterocycles. The number of nitrogens with one attached hydrogen (secondary N) is 1. The minimum atomic E-state index is -2.63. The van der Waals surface area contributed by atoms with Crippen LogP contribution in [0.5, 0.6) is 5.75 Å². The van der Waals surface area contributed by atoms with E-state index in [0.717, 1.165) is 31.4 Å². The minimum Gasteiger partial charge on any atom is -0.507 e. The Hall–Kier alpha value is -1.16. The summed E-state index contributed by atoms with van der Waals surface area (Å²) in [6.07, 6.45) is 0.428. The van der Waals surface area contributed by atoms with Crippen molar-refractivity contribution in [3.63, 3.8) is 0 Å². The summed E-state index contributed by atoms with van der Waals surface area (Å²) in [6.45, 7) is 2.65. The number of piperidine rings is 1. The molecule has 4 heteroatoms. The van der Waals surface area contributed by atoms with Crippen molar-refractivity contribution in [3.8, 4) is 5.75 Å². The van der Waals surface area contributed by atoms with Crippen LogP contribution in [-0.2, 0) is 0 Å². The van der Waals surface area contributed by atoms with E-state index < -0.39 is 6.43 Å². The van der Waals surface area contributed by atoms with Crippen molar-refractivity contribution >= 4 is 0 Å². The van der Waals surface area contributed by atoms with Gasteiger partial charge in [-0.05, 0) is 32.4 Å². The summed E-state index contributed by atoms with van der Waals surface area (Å²) in [4.78, 5) is 0. The largest absolute Gasteiger partial charge is 0.507 e. The summed E-state index contributed by atoms with van der Waals surface area (Å²) in [5, 5.41) is 13.2. The number of alkyl halides is 2.